The fraction of sp³-hybridized carbons (Fsp3) is 0.167. The third-order valence-corrected chi connectivity index (χ3v) is 1.94. The summed E-state index contributed by atoms with van der Waals surface area (Å²) < 4.78 is 5.47. The number of hydrogen-bond acceptors (Lipinski definition) is 5. The van der Waals surface area contributed by atoms with Crippen LogP contribution in [0, 0.1) is 0 Å². The van der Waals surface area contributed by atoms with Gasteiger partial charge in [0.2, 0.25) is 0 Å². The molecule has 0 saturated heterocycles. The summed E-state index contributed by atoms with van der Waals surface area (Å²) in [5.41, 5.74) is 6.35. The molecule has 0 amide bonds. The Morgan fingerprint density at radius 2 is 2.50 bits per heavy atom. The van der Waals surface area contributed by atoms with E-state index in [1.54, 1.807) is 10.7 Å². The van der Waals surface area contributed by atoms with Crippen LogP contribution in [0.4, 0.5) is 5.82 Å². The van der Waals surface area contributed by atoms with Crippen LogP contribution in [0.5, 0.6) is 0 Å². The molecule has 6 heteroatoms. The van der Waals surface area contributed by atoms with Crippen LogP contribution in [0.25, 0.3) is 0 Å². The summed E-state index contributed by atoms with van der Waals surface area (Å²) in [4.78, 5) is 0. The molecule has 2 aromatic rings. The standard InChI is InChI=1S/C6H7N5S/c7-6-1-2-11(9-6)3-5-4-12-10-8-5/h1-2,4H,3H2,(H2,7,9). The highest BCUT2D eigenvalue weighted by Crippen LogP contribution is 2.02. The van der Waals surface area contributed by atoms with E-state index in [-0.39, 0.29) is 0 Å². The molecular weight excluding hydrogens is 174 g/mol. The van der Waals surface area contributed by atoms with Gasteiger partial charge in [0.1, 0.15) is 5.82 Å². The lowest BCUT2D eigenvalue weighted by atomic mass is 10.5. The van der Waals surface area contributed by atoms with E-state index in [4.69, 9.17) is 5.73 Å². The number of nitrogens with zero attached hydrogens (tertiary/aromatic N) is 4. The van der Waals surface area contributed by atoms with Gasteiger partial charge in [0, 0.05) is 11.6 Å². The van der Waals surface area contributed by atoms with Crippen molar-refractivity contribution in [3.05, 3.63) is 23.3 Å². The molecule has 0 spiro atoms. The molecule has 5 nitrogen and oxygen atoms in total. The van der Waals surface area contributed by atoms with Crippen LogP contribution in [-0.2, 0) is 6.54 Å². The Kier molecular flexibility index (Phi) is 1.75. The number of nitrogen functional groups attached to an aromatic ring is 1. The maximum Gasteiger partial charge on any atom is 0.145 e. The van der Waals surface area contributed by atoms with Crippen molar-refractivity contribution in [2.45, 2.75) is 6.54 Å². The monoisotopic (exact) mass is 181 g/mol. The van der Waals surface area contributed by atoms with Crippen molar-refractivity contribution in [3.8, 4) is 0 Å². The van der Waals surface area contributed by atoms with Crippen molar-refractivity contribution < 1.29 is 0 Å². The van der Waals surface area contributed by atoms with Crippen LogP contribution in [-0.4, -0.2) is 19.4 Å². The molecule has 2 rings (SSSR count). The van der Waals surface area contributed by atoms with Gasteiger partial charge >= 0.3 is 0 Å². The Bertz CT molecular complexity index is 352. The topological polar surface area (TPSA) is 69.6 Å². The molecule has 0 saturated carbocycles. The lowest BCUT2D eigenvalue weighted by Crippen LogP contribution is -2.01. The van der Waals surface area contributed by atoms with Gasteiger partial charge in [-0.25, -0.2) is 0 Å². The molecule has 0 bridgehead atoms. The summed E-state index contributed by atoms with van der Waals surface area (Å²) in [6.07, 6.45) is 1.81. The quantitative estimate of drug-likeness (QED) is 0.726. The number of aromatic nitrogens is 4. The van der Waals surface area contributed by atoms with E-state index in [2.05, 4.69) is 14.7 Å². The van der Waals surface area contributed by atoms with Crippen molar-refractivity contribution >= 4 is 17.4 Å². The van der Waals surface area contributed by atoms with Crippen molar-refractivity contribution in [3.63, 3.8) is 0 Å². The zero-order chi connectivity index (χ0) is 8.39. The van der Waals surface area contributed by atoms with Crippen molar-refractivity contribution in [2.24, 2.45) is 0 Å². The number of anilines is 1. The molecule has 0 unspecified atom stereocenters. The second-order valence-electron chi connectivity index (χ2n) is 2.33. The Morgan fingerprint density at radius 3 is 3.08 bits per heavy atom. The lowest BCUT2D eigenvalue weighted by molar-refractivity contribution is 0.673. The van der Waals surface area contributed by atoms with Crippen molar-refractivity contribution in [1.29, 1.82) is 0 Å². The van der Waals surface area contributed by atoms with Crippen LogP contribution in [0.1, 0.15) is 5.69 Å². The molecule has 0 radical (unpaired) electrons. The average molecular weight is 181 g/mol. The first-order chi connectivity index (χ1) is 5.84. The average Bonchev–Trinajstić information content (AvgIpc) is 2.63. The zero-order valence-electron chi connectivity index (χ0n) is 6.21. The third kappa shape index (κ3) is 1.42. The molecule has 0 aliphatic heterocycles. The van der Waals surface area contributed by atoms with Crippen LogP contribution < -0.4 is 5.73 Å². The Morgan fingerprint density at radius 1 is 1.58 bits per heavy atom. The maximum atomic E-state index is 5.44. The molecule has 62 valence electrons. The third-order valence-electron chi connectivity index (χ3n) is 1.39. The van der Waals surface area contributed by atoms with E-state index < -0.39 is 0 Å². The molecule has 0 atom stereocenters. The van der Waals surface area contributed by atoms with Crippen LogP contribution in [0.2, 0.25) is 0 Å². The van der Waals surface area contributed by atoms with E-state index in [1.807, 2.05) is 11.6 Å². The fourth-order valence-corrected chi connectivity index (χ4v) is 1.33. The predicted molar refractivity (Wildman–Crippen MR) is 45.7 cm³/mol. The SMILES string of the molecule is Nc1ccn(Cc2csnn2)n1. The highest BCUT2D eigenvalue weighted by atomic mass is 32.1. The second kappa shape index (κ2) is 2.90. The van der Waals surface area contributed by atoms with Crippen LogP contribution in [0.15, 0.2) is 17.6 Å². The maximum absolute atomic E-state index is 5.44. The molecule has 2 N–H and O–H groups in total. The minimum Gasteiger partial charge on any atom is -0.382 e. The highest BCUT2D eigenvalue weighted by Gasteiger charge is 1.98. The molecule has 0 aliphatic rings. The van der Waals surface area contributed by atoms with Gasteiger partial charge in [-0.15, -0.1) is 5.10 Å². The van der Waals surface area contributed by atoms with E-state index >= 15 is 0 Å². The summed E-state index contributed by atoms with van der Waals surface area (Å²) >= 11 is 1.33. The van der Waals surface area contributed by atoms with E-state index in [1.165, 1.54) is 11.5 Å². The largest absolute Gasteiger partial charge is 0.382 e. The minimum absolute atomic E-state index is 0.526. The minimum atomic E-state index is 0.526. The van der Waals surface area contributed by atoms with Crippen molar-refractivity contribution in [1.82, 2.24) is 19.4 Å². The summed E-state index contributed by atoms with van der Waals surface area (Å²) in [5.74, 6) is 0.526. The Hall–Kier alpha value is -1.43. The van der Waals surface area contributed by atoms with E-state index in [9.17, 15) is 0 Å². The van der Waals surface area contributed by atoms with Gasteiger partial charge in [-0.05, 0) is 17.6 Å². The van der Waals surface area contributed by atoms with E-state index in [0.29, 0.717) is 12.4 Å². The molecule has 12 heavy (non-hydrogen) atoms. The zero-order valence-corrected chi connectivity index (χ0v) is 7.03. The molecule has 0 aliphatic carbocycles. The van der Waals surface area contributed by atoms with Crippen molar-refractivity contribution in [2.75, 3.05) is 5.73 Å². The van der Waals surface area contributed by atoms with Crippen LogP contribution in [0.3, 0.4) is 0 Å². The number of rotatable bonds is 2. The second-order valence-corrected chi connectivity index (χ2v) is 2.94. The van der Waals surface area contributed by atoms with Gasteiger partial charge in [-0.1, -0.05) is 4.49 Å². The first kappa shape index (κ1) is 7.23. The summed E-state index contributed by atoms with van der Waals surface area (Å²) in [6, 6.07) is 1.75. The van der Waals surface area contributed by atoms with Gasteiger partial charge in [0.05, 0.1) is 12.2 Å². The first-order valence-electron chi connectivity index (χ1n) is 3.39. The number of hydrogen-bond donors (Lipinski definition) is 1. The van der Waals surface area contributed by atoms with Gasteiger partial charge in [0.15, 0.2) is 0 Å². The Labute approximate surface area is 73.0 Å². The normalized spacial score (nSPS) is 10.3. The molecule has 0 aromatic carbocycles. The molecule has 2 heterocycles. The van der Waals surface area contributed by atoms with Gasteiger partial charge in [-0.2, -0.15) is 5.10 Å². The number of nitrogens with two attached hydrogens (primary N) is 1. The predicted octanol–water partition coefficient (Wildman–Crippen LogP) is 0.365. The fourth-order valence-electron chi connectivity index (χ4n) is 0.884. The van der Waals surface area contributed by atoms with Gasteiger partial charge in [-0.3, -0.25) is 4.68 Å². The molecule has 0 fully saturated rings. The summed E-state index contributed by atoms with van der Waals surface area (Å²) in [7, 11) is 0. The highest BCUT2D eigenvalue weighted by molar-refractivity contribution is 7.03. The first-order valence-corrected chi connectivity index (χ1v) is 4.23. The van der Waals surface area contributed by atoms with Gasteiger partial charge in [0.25, 0.3) is 0 Å². The van der Waals surface area contributed by atoms with E-state index in [0.717, 1.165) is 5.69 Å². The lowest BCUT2D eigenvalue weighted by Gasteiger charge is -1.94. The summed E-state index contributed by atoms with van der Waals surface area (Å²) in [5, 5.41) is 9.79. The van der Waals surface area contributed by atoms with Crippen LogP contribution >= 0.6 is 11.5 Å². The Balaban J connectivity index is 2.14. The molecule has 2 aromatic heterocycles. The van der Waals surface area contributed by atoms with Gasteiger partial charge < -0.3 is 5.73 Å². The summed E-state index contributed by atoms with van der Waals surface area (Å²) in [6.45, 7) is 0.633. The molecular formula is C6H7N5S. The smallest absolute Gasteiger partial charge is 0.145 e.